The molecule has 15 heavy (non-hydrogen) atoms. The van der Waals surface area contributed by atoms with Gasteiger partial charge in [-0.3, -0.25) is 4.90 Å². The number of ether oxygens (including phenoxy) is 2. The van der Waals surface area contributed by atoms with Crippen LogP contribution in [0.15, 0.2) is 12.2 Å². The van der Waals surface area contributed by atoms with Crippen molar-refractivity contribution in [2.75, 3.05) is 33.0 Å². The number of morpholine rings is 1. The molecule has 6 heteroatoms. The number of aliphatic carboxylic acids is 1. The molecule has 0 bridgehead atoms. The zero-order chi connectivity index (χ0) is 11.1. The maximum Gasteiger partial charge on any atom is 0.332 e. The van der Waals surface area contributed by atoms with Crippen LogP contribution >= 0.6 is 0 Å². The Balaban J connectivity index is 2.18. The van der Waals surface area contributed by atoms with Crippen LogP contribution in [0.4, 0.5) is 0 Å². The highest BCUT2D eigenvalue weighted by atomic mass is 16.5. The molecule has 0 aliphatic carbocycles. The zero-order valence-electron chi connectivity index (χ0n) is 8.22. The molecule has 0 aromatic heterocycles. The highest BCUT2D eigenvalue weighted by Crippen LogP contribution is 1.96. The molecule has 1 aliphatic rings. The molecule has 6 nitrogen and oxygen atoms in total. The molecule has 0 aromatic rings. The van der Waals surface area contributed by atoms with Crippen molar-refractivity contribution in [2.24, 2.45) is 0 Å². The molecule has 0 aromatic carbocycles. The van der Waals surface area contributed by atoms with Crippen molar-refractivity contribution in [2.45, 2.75) is 0 Å². The van der Waals surface area contributed by atoms with Crippen LogP contribution in [0, 0.1) is 0 Å². The van der Waals surface area contributed by atoms with Gasteiger partial charge >= 0.3 is 11.9 Å². The molecule has 84 valence electrons. The lowest BCUT2D eigenvalue weighted by Crippen LogP contribution is -2.38. The van der Waals surface area contributed by atoms with E-state index in [2.05, 4.69) is 0 Å². The van der Waals surface area contributed by atoms with Gasteiger partial charge in [-0.2, -0.15) is 0 Å². The van der Waals surface area contributed by atoms with Crippen molar-refractivity contribution in [1.82, 2.24) is 4.90 Å². The van der Waals surface area contributed by atoms with Gasteiger partial charge in [0, 0.05) is 25.2 Å². The maximum atomic E-state index is 11.0. The van der Waals surface area contributed by atoms with Crippen LogP contribution in [0.1, 0.15) is 0 Å². The summed E-state index contributed by atoms with van der Waals surface area (Å²) in [4.78, 5) is 23.0. The maximum absolute atomic E-state index is 11.0. The number of carbonyl (C=O) groups is 2. The molecule has 0 spiro atoms. The summed E-state index contributed by atoms with van der Waals surface area (Å²) < 4.78 is 9.92. The van der Waals surface area contributed by atoms with Crippen molar-refractivity contribution in [3.63, 3.8) is 0 Å². The average molecular weight is 215 g/mol. The van der Waals surface area contributed by atoms with Crippen molar-refractivity contribution in [3.8, 4) is 0 Å². The minimum atomic E-state index is -1.17. The topological polar surface area (TPSA) is 76.1 Å². The lowest BCUT2D eigenvalue weighted by molar-refractivity contribution is -0.145. The van der Waals surface area contributed by atoms with E-state index in [1.54, 1.807) is 0 Å². The average Bonchev–Trinajstić information content (AvgIpc) is 2.25. The van der Waals surface area contributed by atoms with E-state index in [0.717, 1.165) is 25.2 Å². The fourth-order valence-electron chi connectivity index (χ4n) is 1.07. The van der Waals surface area contributed by atoms with E-state index >= 15 is 0 Å². The first-order chi connectivity index (χ1) is 7.18. The fraction of sp³-hybridized carbons (Fsp3) is 0.556. The summed E-state index contributed by atoms with van der Waals surface area (Å²) in [5, 5.41) is 8.26. The Hall–Kier alpha value is -1.40. The molecular weight excluding hydrogens is 202 g/mol. The first-order valence-corrected chi connectivity index (χ1v) is 4.56. The third kappa shape index (κ3) is 5.14. The van der Waals surface area contributed by atoms with Gasteiger partial charge in [-0.15, -0.1) is 0 Å². The molecule has 0 atom stereocenters. The van der Waals surface area contributed by atoms with Crippen molar-refractivity contribution in [3.05, 3.63) is 12.2 Å². The number of esters is 1. The van der Waals surface area contributed by atoms with E-state index in [1.165, 1.54) is 0 Å². The normalized spacial score (nSPS) is 17.9. The van der Waals surface area contributed by atoms with E-state index in [9.17, 15) is 9.59 Å². The monoisotopic (exact) mass is 215 g/mol. The van der Waals surface area contributed by atoms with E-state index in [4.69, 9.17) is 14.6 Å². The quantitative estimate of drug-likeness (QED) is 0.501. The number of nitrogens with zero attached hydrogens (tertiary/aromatic N) is 1. The van der Waals surface area contributed by atoms with Crippen molar-refractivity contribution in [1.29, 1.82) is 0 Å². The van der Waals surface area contributed by atoms with Crippen LogP contribution in [0.5, 0.6) is 0 Å². The number of hydrogen-bond donors (Lipinski definition) is 1. The molecule has 1 saturated heterocycles. The van der Waals surface area contributed by atoms with Gasteiger partial charge in [0.1, 0.15) is 6.73 Å². The third-order valence-electron chi connectivity index (χ3n) is 1.86. The second-order valence-electron chi connectivity index (χ2n) is 2.99. The smallest absolute Gasteiger partial charge is 0.332 e. The van der Waals surface area contributed by atoms with Crippen molar-refractivity contribution >= 4 is 11.9 Å². The lowest BCUT2D eigenvalue weighted by Gasteiger charge is -2.25. The van der Waals surface area contributed by atoms with Gasteiger partial charge in [0.2, 0.25) is 0 Å². The number of carboxylic acids is 1. The fourth-order valence-corrected chi connectivity index (χ4v) is 1.07. The Morgan fingerprint density at radius 3 is 2.60 bits per heavy atom. The molecule has 0 amide bonds. The first-order valence-electron chi connectivity index (χ1n) is 4.56. The Morgan fingerprint density at radius 1 is 1.33 bits per heavy atom. The van der Waals surface area contributed by atoms with Crippen molar-refractivity contribution < 1.29 is 24.2 Å². The van der Waals surface area contributed by atoms with E-state index in [-0.39, 0.29) is 6.73 Å². The number of carbonyl (C=O) groups excluding carboxylic acids is 1. The van der Waals surface area contributed by atoms with Gasteiger partial charge in [0.05, 0.1) is 13.2 Å². The summed E-state index contributed by atoms with van der Waals surface area (Å²) >= 11 is 0. The molecule has 0 radical (unpaired) electrons. The van der Waals surface area contributed by atoms with Crippen LogP contribution in [0.2, 0.25) is 0 Å². The standard InChI is InChI=1S/C9H13NO5/c11-8(12)1-2-9(13)15-7-10-3-5-14-6-4-10/h1-2H,3-7H2,(H,11,12)/b2-1-. The second kappa shape index (κ2) is 6.15. The summed E-state index contributed by atoms with van der Waals surface area (Å²) in [5.41, 5.74) is 0. The Bertz CT molecular complexity index is 257. The highest BCUT2D eigenvalue weighted by molar-refractivity contribution is 5.90. The minimum Gasteiger partial charge on any atom is -0.478 e. The summed E-state index contributed by atoms with van der Waals surface area (Å²) in [6.45, 7) is 2.86. The number of hydrogen-bond acceptors (Lipinski definition) is 5. The zero-order valence-corrected chi connectivity index (χ0v) is 8.22. The molecule has 1 rings (SSSR count). The number of rotatable bonds is 4. The van der Waals surface area contributed by atoms with Gasteiger partial charge in [0.15, 0.2) is 0 Å². The van der Waals surface area contributed by atoms with Crippen LogP contribution in [0.25, 0.3) is 0 Å². The summed E-state index contributed by atoms with van der Waals surface area (Å²) in [7, 11) is 0. The summed E-state index contributed by atoms with van der Waals surface area (Å²) in [6.07, 6.45) is 1.64. The van der Waals surface area contributed by atoms with Gasteiger partial charge in [-0.25, -0.2) is 9.59 Å². The Kier molecular flexibility index (Phi) is 4.79. The highest BCUT2D eigenvalue weighted by Gasteiger charge is 2.11. The van der Waals surface area contributed by atoms with E-state index < -0.39 is 11.9 Å². The molecule has 1 N–H and O–H groups in total. The predicted molar refractivity (Wildman–Crippen MR) is 50.1 cm³/mol. The summed E-state index contributed by atoms with van der Waals surface area (Å²) in [6, 6.07) is 0. The molecule has 0 unspecified atom stereocenters. The van der Waals surface area contributed by atoms with Gasteiger partial charge in [0.25, 0.3) is 0 Å². The van der Waals surface area contributed by atoms with E-state index in [1.807, 2.05) is 4.90 Å². The Morgan fingerprint density at radius 2 is 2.00 bits per heavy atom. The first kappa shape index (κ1) is 11.7. The second-order valence-corrected chi connectivity index (χ2v) is 2.99. The largest absolute Gasteiger partial charge is 0.478 e. The number of carboxylic acid groups (broad SMARTS) is 1. The molecular formula is C9H13NO5. The van der Waals surface area contributed by atoms with Crippen LogP contribution in [0.3, 0.4) is 0 Å². The van der Waals surface area contributed by atoms with Crippen LogP contribution in [-0.2, 0) is 19.1 Å². The van der Waals surface area contributed by atoms with Gasteiger partial charge in [-0.1, -0.05) is 0 Å². The van der Waals surface area contributed by atoms with E-state index in [0.29, 0.717) is 13.2 Å². The molecule has 0 saturated carbocycles. The lowest BCUT2D eigenvalue weighted by atomic mass is 10.5. The third-order valence-corrected chi connectivity index (χ3v) is 1.86. The Labute approximate surface area is 87.1 Å². The van der Waals surface area contributed by atoms with Gasteiger partial charge in [-0.05, 0) is 0 Å². The van der Waals surface area contributed by atoms with Crippen LogP contribution < -0.4 is 0 Å². The van der Waals surface area contributed by atoms with Gasteiger partial charge < -0.3 is 14.6 Å². The molecule has 1 aliphatic heterocycles. The van der Waals surface area contributed by atoms with Crippen LogP contribution in [-0.4, -0.2) is 55.0 Å². The minimum absolute atomic E-state index is 0.173. The SMILES string of the molecule is O=C(O)/C=C\C(=O)OCN1CCOCC1. The molecule has 1 fully saturated rings. The predicted octanol–water partition coefficient (Wildman–Crippen LogP) is -0.540. The summed E-state index contributed by atoms with van der Waals surface area (Å²) in [5.74, 6) is -1.82. The molecule has 1 heterocycles.